The van der Waals surface area contributed by atoms with Crippen molar-refractivity contribution in [1.82, 2.24) is 14.5 Å². The van der Waals surface area contributed by atoms with Crippen LogP contribution in [-0.2, 0) is 25.9 Å². The number of rotatable bonds is 4. The fraction of sp³-hybridized carbons (Fsp3) is 0.500. The molecule has 0 spiro atoms. The van der Waals surface area contributed by atoms with Crippen LogP contribution in [0.15, 0.2) is 29.4 Å². The molecule has 0 atom stereocenters. The van der Waals surface area contributed by atoms with Crippen LogP contribution in [0.4, 0.5) is 0 Å². The molecule has 1 aliphatic rings. The molecule has 7 nitrogen and oxygen atoms in total. The van der Waals surface area contributed by atoms with Crippen molar-refractivity contribution in [2.24, 2.45) is 0 Å². The second-order valence-corrected chi connectivity index (χ2v) is 8.45. The lowest BCUT2D eigenvalue weighted by Gasteiger charge is -2.27. The Morgan fingerprint density at radius 3 is 2.58 bits per heavy atom. The smallest absolute Gasteiger partial charge is 0.242 e. The molecule has 1 fully saturated rings. The van der Waals surface area contributed by atoms with Gasteiger partial charge in [-0.3, -0.25) is 4.79 Å². The van der Waals surface area contributed by atoms with Gasteiger partial charge in [-0.05, 0) is 26.0 Å². The van der Waals surface area contributed by atoms with Gasteiger partial charge in [0.25, 0.3) is 0 Å². The van der Waals surface area contributed by atoms with Gasteiger partial charge in [-0.2, -0.15) is 0 Å². The van der Waals surface area contributed by atoms with E-state index in [2.05, 4.69) is 4.98 Å². The van der Waals surface area contributed by atoms with Gasteiger partial charge in [0.15, 0.2) is 0 Å². The first kappa shape index (κ1) is 16.9. The highest BCUT2D eigenvalue weighted by Gasteiger charge is 2.29. The first-order chi connectivity index (χ1) is 11.4. The summed E-state index contributed by atoms with van der Waals surface area (Å²) in [6.45, 7) is 5.25. The maximum absolute atomic E-state index is 12.7. The molecule has 24 heavy (non-hydrogen) atoms. The zero-order chi connectivity index (χ0) is 17.3. The van der Waals surface area contributed by atoms with E-state index in [-0.39, 0.29) is 17.6 Å². The minimum atomic E-state index is -3.59. The monoisotopic (exact) mass is 351 g/mol. The first-order valence-corrected chi connectivity index (χ1v) is 9.50. The molecule has 8 heteroatoms. The molecule has 1 saturated heterocycles. The Morgan fingerprint density at radius 1 is 1.25 bits per heavy atom. The number of amides is 1. The molecule has 0 aliphatic carbocycles. The van der Waals surface area contributed by atoms with Gasteiger partial charge in [-0.25, -0.2) is 13.4 Å². The maximum Gasteiger partial charge on any atom is 0.242 e. The molecule has 0 bridgehead atoms. The Labute approximate surface area is 141 Å². The number of para-hydroxylation sites is 2. The molecule has 0 radical (unpaired) electrons. The molecule has 1 aliphatic heterocycles. The first-order valence-electron chi connectivity index (χ1n) is 7.96. The number of benzene rings is 1. The molecule has 0 saturated carbocycles. The maximum atomic E-state index is 12.7. The lowest BCUT2D eigenvalue weighted by Crippen LogP contribution is -2.42. The van der Waals surface area contributed by atoms with Crippen molar-refractivity contribution < 1.29 is 17.9 Å². The predicted molar refractivity (Wildman–Crippen MR) is 89.5 cm³/mol. The van der Waals surface area contributed by atoms with Crippen LogP contribution in [0.1, 0.15) is 13.8 Å². The minimum absolute atomic E-state index is 0.0399. The molecular weight excluding hydrogens is 330 g/mol. The van der Waals surface area contributed by atoms with Crippen molar-refractivity contribution in [3.05, 3.63) is 24.3 Å². The van der Waals surface area contributed by atoms with E-state index in [9.17, 15) is 13.2 Å². The SMILES string of the molecule is CC(C)S(=O)(=O)c1nc2ccccc2n1CC(=O)N1CCOCC1. The Kier molecular flexibility index (Phi) is 4.60. The molecule has 1 aromatic heterocycles. The Hall–Kier alpha value is -1.93. The van der Waals surface area contributed by atoms with Gasteiger partial charge in [0.05, 0.1) is 29.5 Å². The number of aromatic nitrogens is 2. The average molecular weight is 351 g/mol. The number of nitrogens with zero attached hydrogens (tertiary/aromatic N) is 3. The van der Waals surface area contributed by atoms with Crippen molar-refractivity contribution in [2.45, 2.75) is 30.8 Å². The fourth-order valence-electron chi connectivity index (χ4n) is 2.68. The number of morpholine rings is 1. The van der Waals surface area contributed by atoms with E-state index < -0.39 is 15.1 Å². The summed E-state index contributed by atoms with van der Waals surface area (Å²) in [5.74, 6) is -0.123. The Bertz CT molecular complexity index is 851. The summed E-state index contributed by atoms with van der Waals surface area (Å²) in [4.78, 5) is 18.6. The number of carbonyl (C=O) groups excluding carboxylic acids is 1. The summed E-state index contributed by atoms with van der Waals surface area (Å²) in [5.41, 5.74) is 1.23. The van der Waals surface area contributed by atoms with Crippen molar-refractivity contribution >= 4 is 26.8 Å². The standard InChI is InChI=1S/C16H21N3O4S/c1-12(2)24(21,22)16-17-13-5-3-4-6-14(13)19(16)11-15(20)18-7-9-23-10-8-18/h3-6,12H,7-11H2,1-2H3. The van der Waals surface area contributed by atoms with Crippen molar-refractivity contribution in [2.75, 3.05) is 26.3 Å². The zero-order valence-corrected chi connectivity index (χ0v) is 14.6. The van der Waals surface area contributed by atoms with Gasteiger partial charge in [0.1, 0.15) is 6.54 Å². The molecule has 0 unspecified atom stereocenters. The third-order valence-electron chi connectivity index (χ3n) is 4.15. The number of ether oxygens (including phenoxy) is 1. The highest BCUT2D eigenvalue weighted by atomic mass is 32.2. The number of hydrogen-bond acceptors (Lipinski definition) is 5. The minimum Gasteiger partial charge on any atom is -0.378 e. The van der Waals surface area contributed by atoms with Crippen LogP contribution < -0.4 is 0 Å². The molecule has 3 rings (SSSR count). The van der Waals surface area contributed by atoms with Crippen molar-refractivity contribution in [3.8, 4) is 0 Å². The normalized spacial score (nSPS) is 16.0. The average Bonchev–Trinajstić information content (AvgIpc) is 2.95. The van der Waals surface area contributed by atoms with Crippen LogP contribution in [-0.4, -0.2) is 60.3 Å². The quantitative estimate of drug-likeness (QED) is 0.823. The topological polar surface area (TPSA) is 81.5 Å². The van der Waals surface area contributed by atoms with E-state index in [1.165, 1.54) is 4.57 Å². The molecule has 1 aromatic carbocycles. The van der Waals surface area contributed by atoms with Crippen LogP contribution in [0.2, 0.25) is 0 Å². The van der Waals surface area contributed by atoms with Crippen LogP contribution in [0, 0.1) is 0 Å². The third kappa shape index (κ3) is 3.03. The Morgan fingerprint density at radius 2 is 1.92 bits per heavy atom. The Balaban J connectivity index is 2.03. The number of carbonyl (C=O) groups is 1. The summed E-state index contributed by atoms with van der Waals surface area (Å²) >= 11 is 0. The summed E-state index contributed by atoms with van der Waals surface area (Å²) < 4.78 is 32.1. The summed E-state index contributed by atoms with van der Waals surface area (Å²) in [6, 6.07) is 7.15. The second kappa shape index (κ2) is 6.52. The van der Waals surface area contributed by atoms with Gasteiger partial charge in [0.2, 0.25) is 20.9 Å². The lowest BCUT2D eigenvalue weighted by molar-refractivity contribution is -0.135. The highest BCUT2D eigenvalue weighted by Crippen LogP contribution is 2.23. The summed E-state index contributed by atoms with van der Waals surface area (Å²) in [5, 5.41) is -0.646. The molecule has 130 valence electrons. The van der Waals surface area contributed by atoms with E-state index in [0.717, 1.165) is 0 Å². The van der Waals surface area contributed by atoms with Gasteiger partial charge >= 0.3 is 0 Å². The number of imidazole rings is 1. The molecule has 2 aromatic rings. The second-order valence-electron chi connectivity index (χ2n) is 6.06. The van der Waals surface area contributed by atoms with Gasteiger partial charge in [0, 0.05) is 13.1 Å². The van der Waals surface area contributed by atoms with Crippen LogP contribution in [0.5, 0.6) is 0 Å². The fourth-order valence-corrected chi connectivity index (χ4v) is 3.80. The van der Waals surface area contributed by atoms with Crippen LogP contribution in [0.3, 0.4) is 0 Å². The molecule has 1 amide bonds. The van der Waals surface area contributed by atoms with Crippen molar-refractivity contribution in [1.29, 1.82) is 0 Å². The number of hydrogen-bond donors (Lipinski definition) is 0. The largest absolute Gasteiger partial charge is 0.378 e. The third-order valence-corrected chi connectivity index (χ3v) is 6.21. The predicted octanol–water partition coefficient (Wildman–Crippen LogP) is 1.08. The summed E-state index contributed by atoms with van der Waals surface area (Å²) in [7, 11) is -3.59. The van der Waals surface area contributed by atoms with Crippen LogP contribution in [0.25, 0.3) is 11.0 Å². The van der Waals surface area contributed by atoms with E-state index in [1.807, 2.05) is 6.07 Å². The summed E-state index contributed by atoms with van der Waals surface area (Å²) in [6.07, 6.45) is 0. The number of fused-ring (bicyclic) bond motifs is 1. The number of sulfone groups is 1. The van der Waals surface area contributed by atoms with Crippen molar-refractivity contribution in [3.63, 3.8) is 0 Å². The van der Waals surface area contributed by atoms with E-state index >= 15 is 0 Å². The zero-order valence-electron chi connectivity index (χ0n) is 13.8. The van der Waals surface area contributed by atoms with E-state index in [1.54, 1.807) is 36.9 Å². The molecular formula is C16H21N3O4S. The molecule has 0 N–H and O–H groups in total. The molecule has 2 heterocycles. The lowest BCUT2D eigenvalue weighted by atomic mass is 10.3. The van der Waals surface area contributed by atoms with Gasteiger partial charge in [-0.1, -0.05) is 12.1 Å². The van der Waals surface area contributed by atoms with E-state index in [0.29, 0.717) is 37.3 Å². The van der Waals surface area contributed by atoms with Gasteiger partial charge < -0.3 is 14.2 Å². The highest BCUT2D eigenvalue weighted by molar-refractivity contribution is 7.91. The van der Waals surface area contributed by atoms with E-state index in [4.69, 9.17) is 4.74 Å². The van der Waals surface area contributed by atoms with Crippen LogP contribution >= 0.6 is 0 Å². The van der Waals surface area contributed by atoms with Gasteiger partial charge in [-0.15, -0.1) is 0 Å².